The monoisotopic (exact) mass is 225 g/mol. The lowest BCUT2D eigenvalue weighted by Gasteiger charge is -2.12. The van der Waals surface area contributed by atoms with Gasteiger partial charge in [0.1, 0.15) is 12.4 Å². The van der Waals surface area contributed by atoms with Gasteiger partial charge in [0, 0.05) is 0 Å². The Kier molecular flexibility index (Phi) is 5.08. The van der Waals surface area contributed by atoms with Crippen LogP contribution in [0.1, 0.15) is 11.1 Å². The van der Waals surface area contributed by atoms with Crippen LogP contribution in [0.5, 0.6) is 5.75 Å². The normalized spacial score (nSPS) is 10.4. The van der Waals surface area contributed by atoms with Gasteiger partial charge in [0.15, 0.2) is 0 Å². The standard InChI is InChI=1S/C12H19NO3/c1-9-7-10(2)12(11(13)8-9)16-6-5-15-4-3-14/h7-8,14H,3-6,13H2,1-2H3. The third-order valence-corrected chi connectivity index (χ3v) is 2.16. The molecule has 0 atom stereocenters. The number of anilines is 1. The van der Waals surface area contributed by atoms with Gasteiger partial charge in [0.05, 0.1) is 25.5 Å². The van der Waals surface area contributed by atoms with Gasteiger partial charge >= 0.3 is 0 Å². The van der Waals surface area contributed by atoms with Crippen LogP contribution in [0.3, 0.4) is 0 Å². The maximum Gasteiger partial charge on any atom is 0.145 e. The molecule has 0 aliphatic carbocycles. The van der Waals surface area contributed by atoms with E-state index in [4.69, 9.17) is 20.3 Å². The lowest BCUT2D eigenvalue weighted by molar-refractivity contribution is 0.0705. The lowest BCUT2D eigenvalue weighted by Crippen LogP contribution is -2.10. The lowest BCUT2D eigenvalue weighted by atomic mass is 10.1. The predicted molar refractivity (Wildman–Crippen MR) is 63.7 cm³/mol. The Morgan fingerprint density at radius 2 is 1.94 bits per heavy atom. The van der Waals surface area contributed by atoms with E-state index >= 15 is 0 Å². The highest BCUT2D eigenvalue weighted by Gasteiger charge is 2.05. The molecule has 0 spiro atoms. The van der Waals surface area contributed by atoms with E-state index in [-0.39, 0.29) is 6.61 Å². The summed E-state index contributed by atoms with van der Waals surface area (Å²) in [6.07, 6.45) is 0. The first kappa shape index (κ1) is 12.8. The molecule has 0 unspecified atom stereocenters. The summed E-state index contributed by atoms with van der Waals surface area (Å²) in [7, 11) is 0. The van der Waals surface area contributed by atoms with Crippen LogP contribution in [-0.4, -0.2) is 31.5 Å². The smallest absolute Gasteiger partial charge is 0.145 e. The average molecular weight is 225 g/mol. The molecule has 0 heterocycles. The average Bonchev–Trinajstić information content (AvgIpc) is 2.20. The molecule has 0 amide bonds. The number of nitrogens with two attached hydrogens (primary N) is 1. The fraction of sp³-hybridized carbons (Fsp3) is 0.500. The van der Waals surface area contributed by atoms with Crippen molar-refractivity contribution in [2.45, 2.75) is 13.8 Å². The molecule has 3 N–H and O–H groups in total. The topological polar surface area (TPSA) is 64.7 Å². The molecule has 4 nitrogen and oxygen atoms in total. The molecule has 0 aromatic heterocycles. The first-order valence-electron chi connectivity index (χ1n) is 5.33. The maximum absolute atomic E-state index is 8.52. The minimum absolute atomic E-state index is 0.0334. The zero-order valence-corrected chi connectivity index (χ0v) is 9.82. The first-order valence-corrected chi connectivity index (χ1v) is 5.33. The maximum atomic E-state index is 8.52. The molecule has 0 aliphatic heterocycles. The zero-order chi connectivity index (χ0) is 12.0. The Labute approximate surface area is 96.0 Å². The Morgan fingerprint density at radius 3 is 2.56 bits per heavy atom. The third kappa shape index (κ3) is 3.72. The summed E-state index contributed by atoms with van der Waals surface area (Å²) in [5, 5.41) is 8.52. The van der Waals surface area contributed by atoms with Crippen molar-refractivity contribution < 1.29 is 14.6 Å². The molecule has 0 saturated carbocycles. The molecular weight excluding hydrogens is 206 g/mol. The Bertz CT molecular complexity index is 316. The van der Waals surface area contributed by atoms with Gasteiger partial charge in [-0.15, -0.1) is 0 Å². The van der Waals surface area contributed by atoms with Gasteiger partial charge < -0.3 is 20.3 Å². The molecule has 4 heteroatoms. The number of ether oxygens (including phenoxy) is 2. The highest BCUT2D eigenvalue weighted by Crippen LogP contribution is 2.27. The minimum Gasteiger partial charge on any atom is -0.489 e. The number of nitrogen functional groups attached to an aromatic ring is 1. The molecule has 1 aromatic carbocycles. The number of hydrogen-bond donors (Lipinski definition) is 2. The van der Waals surface area contributed by atoms with Crippen LogP contribution in [0.2, 0.25) is 0 Å². The summed E-state index contributed by atoms with van der Waals surface area (Å²) in [6, 6.07) is 3.91. The molecule has 1 aromatic rings. The van der Waals surface area contributed by atoms with Gasteiger partial charge in [-0.2, -0.15) is 0 Å². The van der Waals surface area contributed by atoms with Crippen LogP contribution in [0, 0.1) is 13.8 Å². The van der Waals surface area contributed by atoms with Crippen molar-refractivity contribution in [1.29, 1.82) is 0 Å². The highest BCUT2D eigenvalue weighted by molar-refractivity contribution is 5.58. The van der Waals surface area contributed by atoms with Crippen LogP contribution < -0.4 is 10.5 Å². The fourth-order valence-electron chi connectivity index (χ4n) is 1.55. The van der Waals surface area contributed by atoms with Crippen LogP contribution in [0.25, 0.3) is 0 Å². The van der Waals surface area contributed by atoms with E-state index in [0.717, 1.165) is 16.9 Å². The summed E-state index contributed by atoms with van der Waals surface area (Å²) in [5.74, 6) is 0.721. The van der Waals surface area contributed by atoms with Crippen molar-refractivity contribution in [2.24, 2.45) is 0 Å². The van der Waals surface area contributed by atoms with Gasteiger partial charge in [-0.3, -0.25) is 0 Å². The molecule has 0 bridgehead atoms. The molecule has 0 fully saturated rings. The Hall–Kier alpha value is -1.26. The van der Waals surface area contributed by atoms with E-state index in [1.54, 1.807) is 0 Å². The van der Waals surface area contributed by atoms with Gasteiger partial charge in [0.25, 0.3) is 0 Å². The largest absolute Gasteiger partial charge is 0.489 e. The molecule has 0 aliphatic rings. The van der Waals surface area contributed by atoms with Gasteiger partial charge in [0.2, 0.25) is 0 Å². The number of benzene rings is 1. The van der Waals surface area contributed by atoms with Crippen LogP contribution in [0.15, 0.2) is 12.1 Å². The zero-order valence-electron chi connectivity index (χ0n) is 9.82. The molecule has 0 radical (unpaired) electrons. The number of hydrogen-bond acceptors (Lipinski definition) is 4. The van der Waals surface area contributed by atoms with E-state index in [1.165, 1.54) is 0 Å². The quantitative estimate of drug-likeness (QED) is 0.565. The minimum atomic E-state index is 0.0334. The summed E-state index contributed by atoms with van der Waals surface area (Å²) in [4.78, 5) is 0. The van der Waals surface area contributed by atoms with Crippen LogP contribution in [0.4, 0.5) is 5.69 Å². The second-order valence-corrected chi connectivity index (χ2v) is 3.68. The van der Waals surface area contributed by atoms with Gasteiger partial charge in [-0.1, -0.05) is 6.07 Å². The molecule has 0 saturated heterocycles. The van der Waals surface area contributed by atoms with Crippen molar-refractivity contribution in [2.75, 3.05) is 32.2 Å². The third-order valence-electron chi connectivity index (χ3n) is 2.16. The summed E-state index contributed by atoms with van der Waals surface area (Å²) in [5.41, 5.74) is 8.66. The molecule has 16 heavy (non-hydrogen) atoms. The Morgan fingerprint density at radius 1 is 1.19 bits per heavy atom. The van der Waals surface area contributed by atoms with E-state index in [9.17, 15) is 0 Å². The van der Waals surface area contributed by atoms with Crippen molar-refractivity contribution in [3.05, 3.63) is 23.3 Å². The van der Waals surface area contributed by atoms with Crippen molar-refractivity contribution in [3.8, 4) is 5.75 Å². The molecule has 90 valence electrons. The summed E-state index contributed by atoms with van der Waals surface area (Å²) >= 11 is 0. The van der Waals surface area contributed by atoms with E-state index < -0.39 is 0 Å². The van der Waals surface area contributed by atoms with Crippen molar-refractivity contribution >= 4 is 5.69 Å². The van der Waals surface area contributed by atoms with Gasteiger partial charge in [-0.05, 0) is 31.0 Å². The van der Waals surface area contributed by atoms with Crippen LogP contribution >= 0.6 is 0 Å². The highest BCUT2D eigenvalue weighted by atomic mass is 16.5. The van der Waals surface area contributed by atoms with E-state index in [0.29, 0.717) is 25.5 Å². The SMILES string of the molecule is Cc1cc(C)c(OCCOCCO)c(N)c1. The van der Waals surface area contributed by atoms with E-state index in [2.05, 4.69) is 0 Å². The van der Waals surface area contributed by atoms with Crippen LogP contribution in [-0.2, 0) is 4.74 Å². The molecule has 1 rings (SSSR count). The second-order valence-electron chi connectivity index (χ2n) is 3.68. The number of aliphatic hydroxyl groups is 1. The first-order chi connectivity index (χ1) is 7.65. The van der Waals surface area contributed by atoms with Gasteiger partial charge in [-0.25, -0.2) is 0 Å². The predicted octanol–water partition coefficient (Wildman–Crippen LogP) is 1.27. The van der Waals surface area contributed by atoms with E-state index in [1.807, 2.05) is 26.0 Å². The second kappa shape index (κ2) is 6.35. The summed E-state index contributed by atoms with van der Waals surface area (Å²) < 4.78 is 10.6. The fourth-order valence-corrected chi connectivity index (χ4v) is 1.55. The number of aliphatic hydroxyl groups excluding tert-OH is 1. The number of aryl methyl sites for hydroxylation is 2. The Balaban J connectivity index is 2.47. The summed E-state index contributed by atoms with van der Waals surface area (Å²) in [6.45, 7) is 5.23. The number of rotatable bonds is 6. The molecular formula is C12H19NO3. The van der Waals surface area contributed by atoms with Crippen molar-refractivity contribution in [3.63, 3.8) is 0 Å². The van der Waals surface area contributed by atoms with Crippen molar-refractivity contribution in [1.82, 2.24) is 0 Å².